The highest BCUT2D eigenvalue weighted by molar-refractivity contribution is 5.82. The second-order valence-corrected chi connectivity index (χ2v) is 4.83. The number of carbonyl (C=O) groups excluding carboxylic acids is 1. The summed E-state index contributed by atoms with van der Waals surface area (Å²) in [5.41, 5.74) is 0. The van der Waals surface area contributed by atoms with E-state index >= 15 is 0 Å². The summed E-state index contributed by atoms with van der Waals surface area (Å²) in [4.78, 5) is 31.1. The molecule has 0 aliphatic heterocycles. The van der Waals surface area contributed by atoms with E-state index in [1.165, 1.54) is 0 Å². The van der Waals surface area contributed by atoms with Crippen LogP contribution < -0.4 is 16.0 Å². The van der Waals surface area contributed by atoms with Crippen molar-refractivity contribution in [3.8, 4) is 0 Å². The molecular formula is C15H25N3O6. The molecule has 1 unspecified atom stereocenters. The molecule has 0 aliphatic carbocycles. The maximum absolute atomic E-state index is 11.6. The van der Waals surface area contributed by atoms with Gasteiger partial charge in [0.1, 0.15) is 11.8 Å². The van der Waals surface area contributed by atoms with Crippen molar-refractivity contribution in [1.82, 2.24) is 16.0 Å². The van der Waals surface area contributed by atoms with E-state index in [2.05, 4.69) is 16.0 Å². The summed E-state index contributed by atoms with van der Waals surface area (Å²) in [6.07, 6.45) is 4.18. The number of furan rings is 1. The van der Waals surface area contributed by atoms with E-state index in [0.29, 0.717) is 19.4 Å². The monoisotopic (exact) mass is 343 g/mol. The predicted molar refractivity (Wildman–Crippen MR) is 86.8 cm³/mol. The van der Waals surface area contributed by atoms with Gasteiger partial charge < -0.3 is 30.6 Å². The van der Waals surface area contributed by atoms with Gasteiger partial charge in [-0.2, -0.15) is 0 Å². The minimum absolute atomic E-state index is 0.250. The summed E-state index contributed by atoms with van der Waals surface area (Å²) in [6, 6.07) is 2.27. The van der Waals surface area contributed by atoms with Gasteiger partial charge in [-0.1, -0.05) is 0 Å². The molecule has 0 aromatic carbocycles. The molecule has 136 valence electrons. The molecule has 9 nitrogen and oxygen atoms in total. The van der Waals surface area contributed by atoms with Crippen molar-refractivity contribution in [1.29, 1.82) is 0 Å². The first kappa shape index (κ1) is 21.4. The first-order valence-corrected chi connectivity index (χ1v) is 7.57. The molecule has 9 heteroatoms. The SMILES string of the molecule is CNCCCCC(NC(=O)NCCc1ccco1)C(=O)O.O=CO. The summed E-state index contributed by atoms with van der Waals surface area (Å²) in [6.45, 7) is 0.979. The van der Waals surface area contributed by atoms with Crippen LogP contribution in [-0.2, 0) is 16.0 Å². The van der Waals surface area contributed by atoms with Gasteiger partial charge in [0.2, 0.25) is 0 Å². The number of urea groups is 1. The summed E-state index contributed by atoms with van der Waals surface area (Å²) >= 11 is 0. The fraction of sp³-hybridized carbons (Fsp3) is 0.533. The van der Waals surface area contributed by atoms with Gasteiger partial charge in [-0.3, -0.25) is 4.79 Å². The number of aliphatic carboxylic acids is 1. The minimum Gasteiger partial charge on any atom is -0.483 e. The average Bonchev–Trinajstić information content (AvgIpc) is 3.04. The van der Waals surface area contributed by atoms with E-state index in [1.54, 1.807) is 12.3 Å². The van der Waals surface area contributed by atoms with Crippen LogP contribution in [0.25, 0.3) is 0 Å². The molecule has 0 aliphatic rings. The van der Waals surface area contributed by atoms with Gasteiger partial charge in [0, 0.05) is 13.0 Å². The molecule has 2 amide bonds. The van der Waals surface area contributed by atoms with E-state index in [1.807, 2.05) is 13.1 Å². The van der Waals surface area contributed by atoms with E-state index < -0.39 is 18.0 Å². The third-order valence-electron chi connectivity index (χ3n) is 3.01. The predicted octanol–water partition coefficient (Wildman–Crippen LogP) is 0.665. The number of rotatable bonds is 10. The molecule has 5 N–H and O–H groups in total. The first-order chi connectivity index (χ1) is 11.5. The third-order valence-corrected chi connectivity index (χ3v) is 3.01. The van der Waals surface area contributed by atoms with Crippen LogP contribution in [0.1, 0.15) is 25.0 Å². The maximum atomic E-state index is 11.6. The highest BCUT2D eigenvalue weighted by Crippen LogP contribution is 2.02. The van der Waals surface area contributed by atoms with Crippen molar-refractivity contribution in [2.75, 3.05) is 20.1 Å². The zero-order chi connectivity index (χ0) is 18.2. The number of hydrogen-bond acceptors (Lipinski definition) is 5. The topological polar surface area (TPSA) is 141 Å². The lowest BCUT2D eigenvalue weighted by atomic mass is 10.1. The molecule has 0 saturated carbocycles. The normalized spacial score (nSPS) is 10.9. The summed E-state index contributed by atoms with van der Waals surface area (Å²) < 4.78 is 5.14. The number of hydrogen-bond donors (Lipinski definition) is 5. The molecule has 0 spiro atoms. The standard InChI is InChI=1S/C14H23N3O4.CH2O2/c1-15-8-3-2-6-12(13(18)19)17-14(20)16-9-7-11-5-4-10-21-11;2-1-3/h4-5,10,12,15H,2-3,6-9H2,1H3,(H,18,19)(H2,16,17,20);1H,(H,2,3). The number of carbonyl (C=O) groups is 3. The van der Waals surface area contributed by atoms with Crippen LogP contribution in [-0.4, -0.2) is 54.9 Å². The second-order valence-electron chi connectivity index (χ2n) is 4.83. The van der Waals surface area contributed by atoms with Crippen LogP contribution >= 0.6 is 0 Å². The van der Waals surface area contributed by atoms with Crippen LogP contribution in [0.5, 0.6) is 0 Å². The summed E-state index contributed by atoms with van der Waals surface area (Å²) in [5, 5.41) is 24.1. The summed E-state index contributed by atoms with van der Waals surface area (Å²) in [5.74, 6) is -0.238. The molecule has 1 aromatic heterocycles. The molecule has 0 bridgehead atoms. The first-order valence-electron chi connectivity index (χ1n) is 7.57. The highest BCUT2D eigenvalue weighted by atomic mass is 16.4. The van der Waals surface area contributed by atoms with Crippen molar-refractivity contribution >= 4 is 18.5 Å². The quantitative estimate of drug-likeness (QED) is 0.310. The Labute approximate surface area is 140 Å². The van der Waals surface area contributed by atoms with Crippen molar-refractivity contribution < 1.29 is 29.0 Å². The Kier molecular flexibility index (Phi) is 12.6. The molecule has 1 rings (SSSR count). The summed E-state index contributed by atoms with van der Waals surface area (Å²) in [7, 11) is 1.85. The lowest BCUT2D eigenvalue weighted by molar-refractivity contribution is -0.139. The van der Waals surface area contributed by atoms with Crippen LogP contribution in [0.4, 0.5) is 4.79 Å². The van der Waals surface area contributed by atoms with Gasteiger partial charge in [-0.05, 0) is 45.0 Å². The molecule has 0 saturated heterocycles. The Balaban J connectivity index is 0.00000163. The van der Waals surface area contributed by atoms with E-state index in [-0.39, 0.29) is 6.47 Å². The zero-order valence-corrected chi connectivity index (χ0v) is 13.7. The number of unbranched alkanes of at least 4 members (excludes halogenated alkanes) is 1. The van der Waals surface area contributed by atoms with Gasteiger partial charge in [0.05, 0.1) is 6.26 Å². The minimum atomic E-state index is -1.01. The van der Waals surface area contributed by atoms with Crippen molar-refractivity contribution in [3.05, 3.63) is 24.2 Å². The Morgan fingerprint density at radius 3 is 2.58 bits per heavy atom. The van der Waals surface area contributed by atoms with Crippen molar-refractivity contribution in [2.45, 2.75) is 31.7 Å². The number of carboxylic acid groups (broad SMARTS) is 2. The molecule has 1 aromatic rings. The molecule has 0 fully saturated rings. The molecule has 24 heavy (non-hydrogen) atoms. The molecule has 0 radical (unpaired) electrons. The van der Waals surface area contributed by atoms with Gasteiger partial charge in [0.25, 0.3) is 6.47 Å². The third kappa shape index (κ3) is 11.1. The van der Waals surface area contributed by atoms with Gasteiger partial charge in [0.15, 0.2) is 0 Å². The van der Waals surface area contributed by atoms with E-state index in [9.17, 15) is 9.59 Å². The van der Waals surface area contributed by atoms with Gasteiger partial charge in [-0.25, -0.2) is 9.59 Å². The number of amides is 2. The van der Waals surface area contributed by atoms with Gasteiger partial charge in [-0.15, -0.1) is 0 Å². The Morgan fingerprint density at radius 2 is 2.04 bits per heavy atom. The molecule has 1 atom stereocenters. The number of carboxylic acids is 1. The Hall–Kier alpha value is -2.55. The largest absolute Gasteiger partial charge is 0.483 e. The van der Waals surface area contributed by atoms with Gasteiger partial charge >= 0.3 is 12.0 Å². The smallest absolute Gasteiger partial charge is 0.326 e. The van der Waals surface area contributed by atoms with Crippen molar-refractivity contribution in [3.63, 3.8) is 0 Å². The molecule has 1 heterocycles. The van der Waals surface area contributed by atoms with Crippen LogP contribution in [0, 0.1) is 0 Å². The van der Waals surface area contributed by atoms with Crippen LogP contribution in [0.2, 0.25) is 0 Å². The van der Waals surface area contributed by atoms with E-state index in [0.717, 1.165) is 25.1 Å². The Bertz CT molecular complexity index is 464. The lowest BCUT2D eigenvalue weighted by Crippen LogP contribution is -2.46. The maximum Gasteiger partial charge on any atom is 0.326 e. The zero-order valence-electron chi connectivity index (χ0n) is 13.7. The van der Waals surface area contributed by atoms with Crippen LogP contribution in [0.15, 0.2) is 22.8 Å². The van der Waals surface area contributed by atoms with Crippen molar-refractivity contribution in [2.24, 2.45) is 0 Å². The Morgan fingerprint density at radius 1 is 1.33 bits per heavy atom. The van der Waals surface area contributed by atoms with E-state index in [4.69, 9.17) is 19.4 Å². The highest BCUT2D eigenvalue weighted by Gasteiger charge is 2.18. The lowest BCUT2D eigenvalue weighted by Gasteiger charge is -2.15. The fourth-order valence-corrected chi connectivity index (χ4v) is 1.87. The molecular weight excluding hydrogens is 318 g/mol. The fourth-order valence-electron chi connectivity index (χ4n) is 1.87. The van der Waals surface area contributed by atoms with Crippen LogP contribution in [0.3, 0.4) is 0 Å². The average molecular weight is 343 g/mol. The second kappa shape index (κ2) is 14.1. The number of nitrogens with one attached hydrogen (secondary N) is 3.